The van der Waals surface area contributed by atoms with Gasteiger partial charge in [-0.3, -0.25) is 9.36 Å². The van der Waals surface area contributed by atoms with Gasteiger partial charge in [0.1, 0.15) is 5.82 Å². The Balaban J connectivity index is 1.26. The fourth-order valence-electron chi connectivity index (χ4n) is 4.18. The third kappa shape index (κ3) is 6.87. The van der Waals surface area contributed by atoms with Gasteiger partial charge in [0, 0.05) is 50.5 Å². The molecule has 0 spiro atoms. The number of ether oxygens (including phenoxy) is 1. The van der Waals surface area contributed by atoms with Crippen LogP contribution in [0, 0.1) is 0 Å². The number of para-hydroxylation sites is 1. The predicted molar refractivity (Wildman–Crippen MR) is 140 cm³/mol. The van der Waals surface area contributed by atoms with Crippen molar-refractivity contribution in [1.82, 2.24) is 24.6 Å². The molecular weight excluding hydrogens is 474 g/mol. The Morgan fingerprint density at radius 1 is 0.889 bits per heavy atom. The highest BCUT2D eigenvalue weighted by atomic mass is 32.2. The average molecular weight is 508 g/mol. The Bertz CT molecular complexity index is 1110. The minimum atomic E-state index is -0.295. The van der Waals surface area contributed by atoms with Gasteiger partial charge in [-0.1, -0.05) is 60.3 Å². The lowest BCUT2D eigenvalue weighted by Crippen LogP contribution is -2.50. The number of hydrogen-bond acceptors (Lipinski definition) is 6. The first-order valence-electron chi connectivity index (χ1n) is 12.5. The summed E-state index contributed by atoms with van der Waals surface area (Å²) in [6, 6.07) is 20.5. The number of unbranched alkanes of at least 4 members (excludes halogenated alkanes) is 1. The molecule has 0 bridgehead atoms. The van der Waals surface area contributed by atoms with Crippen molar-refractivity contribution in [3.63, 3.8) is 0 Å². The number of carbonyl (C=O) groups excluding carboxylic acids is 2. The van der Waals surface area contributed by atoms with Gasteiger partial charge in [0.25, 0.3) is 0 Å². The smallest absolute Gasteiger partial charge is 0.409 e. The van der Waals surface area contributed by atoms with Crippen molar-refractivity contribution < 1.29 is 14.3 Å². The second-order valence-corrected chi connectivity index (χ2v) is 9.67. The maximum Gasteiger partial charge on any atom is 0.409 e. The third-order valence-electron chi connectivity index (χ3n) is 6.09. The molecule has 0 radical (unpaired) electrons. The second-order valence-electron chi connectivity index (χ2n) is 8.60. The molecule has 1 fully saturated rings. The number of carbonyl (C=O) groups is 2. The van der Waals surface area contributed by atoms with E-state index in [4.69, 9.17) is 4.74 Å². The van der Waals surface area contributed by atoms with Crippen molar-refractivity contribution in [2.45, 2.75) is 37.8 Å². The fourth-order valence-corrected chi connectivity index (χ4v) is 5.15. The zero-order chi connectivity index (χ0) is 25.2. The van der Waals surface area contributed by atoms with Gasteiger partial charge in [-0.25, -0.2) is 4.79 Å². The topological polar surface area (TPSA) is 80.6 Å². The van der Waals surface area contributed by atoms with Crippen LogP contribution in [0.4, 0.5) is 4.79 Å². The van der Waals surface area contributed by atoms with Crippen LogP contribution >= 0.6 is 11.8 Å². The molecular formula is C27H33N5O3S. The minimum absolute atomic E-state index is 0.154. The van der Waals surface area contributed by atoms with Crippen molar-refractivity contribution in [3.8, 4) is 5.69 Å². The minimum Gasteiger partial charge on any atom is -0.450 e. The maximum atomic E-state index is 12.6. The lowest BCUT2D eigenvalue weighted by molar-refractivity contribution is -0.132. The molecule has 8 nitrogen and oxygen atoms in total. The van der Waals surface area contributed by atoms with E-state index >= 15 is 0 Å². The molecule has 0 atom stereocenters. The lowest BCUT2D eigenvalue weighted by atomic mass is 10.1. The van der Waals surface area contributed by atoms with E-state index in [1.807, 2.05) is 41.3 Å². The number of piperazine rings is 1. The van der Waals surface area contributed by atoms with Gasteiger partial charge in [-0.15, -0.1) is 10.2 Å². The normalized spacial score (nSPS) is 13.6. The number of benzene rings is 2. The monoisotopic (exact) mass is 507 g/mol. The quantitative estimate of drug-likeness (QED) is 0.299. The van der Waals surface area contributed by atoms with Crippen molar-refractivity contribution in [2.24, 2.45) is 0 Å². The molecule has 0 aliphatic carbocycles. The summed E-state index contributed by atoms with van der Waals surface area (Å²) in [5, 5.41) is 9.86. The molecule has 36 heavy (non-hydrogen) atoms. The lowest BCUT2D eigenvalue weighted by Gasteiger charge is -2.34. The van der Waals surface area contributed by atoms with Gasteiger partial charge in [0.15, 0.2) is 5.16 Å². The number of hydrogen-bond donors (Lipinski definition) is 0. The van der Waals surface area contributed by atoms with E-state index in [1.54, 1.807) is 23.6 Å². The molecule has 1 aliphatic heterocycles. The summed E-state index contributed by atoms with van der Waals surface area (Å²) in [6.07, 6.45) is 2.66. The molecule has 2 heterocycles. The van der Waals surface area contributed by atoms with E-state index < -0.39 is 0 Å². The molecule has 1 aromatic heterocycles. The molecule has 4 rings (SSSR count). The van der Waals surface area contributed by atoms with Crippen LogP contribution in [0.15, 0.2) is 65.8 Å². The van der Waals surface area contributed by atoms with E-state index in [0.29, 0.717) is 45.6 Å². The standard InChI is InChI=1S/C27H33N5O3S/c1-2-35-27(34)31-18-16-30(17-19-31)25(33)15-9-10-20-36-26-29-28-24(21-22-11-5-3-6-12-22)32(26)23-13-7-4-8-14-23/h3-8,11-14H,2,9-10,15-21H2,1H3. The highest BCUT2D eigenvalue weighted by Gasteiger charge is 2.24. The molecule has 3 aromatic rings. The van der Waals surface area contributed by atoms with Crippen LogP contribution in [0.3, 0.4) is 0 Å². The molecule has 1 saturated heterocycles. The van der Waals surface area contributed by atoms with Gasteiger partial charge < -0.3 is 14.5 Å². The summed E-state index contributed by atoms with van der Waals surface area (Å²) in [5.74, 6) is 1.92. The van der Waals surface area contributed by atoms with E-state index in [9.17, 15) is 9.59 Å². The number of thioether (sulfide) groups is 1. The number of nitrogens with zero attached hydrogens (tertiary/aromatic N) is 5. The number of amides is 2. The molecule has 1 aliphatic rings. The SMILES string of the molecule is CCOC(=O)N1CCN(C(=O)CCCCSc2nnc(Cc3ccccc3)n2-c2ccccc2)CC1. The molecule has 0 saturated carbocycles. The van der Waals surface area contributed by atoms with Gasteiger partial charge in [-0.05, 0) is 37.5 Å². The Kier molecular flexibility index (Phi) is 9.38. The first kappa shape index (κ1) is 25.8. The highest BCUT2D eigenvalue weighted by Crippen LogP contribution is 2.24. The first-order chi connectivity index (χ1) is 17.7. The summed E-state index contributed by atoms with van der Waals surface area (Å²) in [7, 11) is 0. The predicted octanol–water partition coefficient (Wildman–Crippen LogP) is 4.42. The molecule has 9 heteroatoms. The van der Waals surface area contributed by atoms with Crippen molar-refractivity contribution in [1.29, 1.82) is 0 Å². The van der Waals surface area contributed by atoms with Crippen LogP contribution < -0.4 is 0 Å². The van der Waals surface area contributed by atoms with Crippen LogP contribution in [0.25, 0.3) is 5.69 Å². The van der Waals surface area contributed by atoms with Crippen LogP contribution in [0.5, 0.6) is 0 Å². The molecule has 0 N–H and O–H groups in total. The van der Waals surface area contributed by atoms with Gasteiger partial charge in [0.05, 0.1) is 6.61 Å². The largest absolute Gasteiger partial charge is 0.450 e. The van der Waals surface area contributed by atoms with Crippen molar-refractivity contribution in [2.75, 3.05) is 38.5 Å². The fraction of sp³-hybridized carbons (Fsp3) is 0.407. The zero-order valence-corrected chi connectivity index (χ0v) is 21.5. The van der Waals surface area contributed by atoms with Crippen molar-refractivity contribution >= 4 is 23.8 Å². The molecule has 2 aromatic carbocycles. The zero-order valence-electron chi connectivity index (χ0n) is 20.7. The van der Waals surface area contributed by atoms with Gasteiger partial charge in [-0.2, -0.15) is 0 Å². The summed E-state index contributed by atoms with van der Waals surface area (Å²) in [6.45, 7) is 4.35. The molecule has 190 valence electrons. The Labute approximate surface area is 216 Å². The van der Waals surface area contributed by atoms with E-state index in [2.05, 4.69) is 39.0 Å². The highest BCUT2D eigenvalue weighted by molar-refractivity contribution is 7.99. The van der Waals surface area contributed by atoms with Gasteiger partial charge in [0.2, 0.25) is 5.91 Å². The van der Waals surface area contributed by atoms with Crippen LogP contribution in [-0.4, -0.2) is 75.1 Å². The number of aromatic nitrogens is 3. The van der Waals surface area contributed by atoms with Crippen LogP contribution in [0.2, 0.25) is 0 Å². The van der Waals surface area contributed by atoms with E-state index in [-0.39, 0.29) is 12.0 Å². The number of rotatable bonds is 10. The summed E-state index contributed by atoms with van der Waals surface area (Å²) in [4.78, 5) is 28.0. The average Bonchev–Trinajstić information content (AvgIpc) is 3.31. The van der Waals surface area contributed by atoms with Crippen molar-refractivity contribution in [3.05, 3.63) is 72.1 Å². The Morgan fingerprint density at radius 2 is 1.56 bits per heavy atom. The third-order valence-corrected chi connectivity index (χ3v) is 7.11. The summed E-state index contributed by atoms with van der Waals surface area (Å²) < 4.78 is 7.17. The second kappa shape index (κ2) is 13.1. The molecule has 2 amide bonds. The first-order valence-corrected chi connectivity index (χ1v) is 13.5. The summed E-state index contributed by atoms with van der Waals surface area (Å²) >= 11 is 1.68. The van der Waals surface area contributed by atoms with Crippen LogP contribution in [-0.2, 0) is 16.0 Å². The molecule has 0 unspecified atom stereocenters. The van der Waals surface area contributed by atoms with E-state index in [1.165, 1.54) is 5.56 Å². The Hall–Kier alpha value is -3.33. The Morgan fingerprint density at radius 3 is 2.25 bits per heavy atom. The van der Waals surface area contributed by atoms with E-state index in [0.717, 1.165) is 35.3 Å². The van der Waals surface area contributed by atoms with Crippen LogP contribution in [0.1, 0.15) is 37.6 Å². The summed E-state index contributed by atoms with van der Waals surface area (Å²) in [5.41, 5.74) is 2.24. The maximum absolute atomic E-state index is 12.6. The van der Waals surface area contributed by atoms with Gasteiger partial charge >= 0.3 is 6.09 Å².